The first-order valence-electron chi connectivity index (χ1n) is 10.1. The first kappa shape index (κ1) is 23.8. The number of hydrogen-bond acceptors (Lipinski definition) is 6. The van der Waals surface area contributed by atoms with Crippen LogP contribution >= 0.6 is 24.0 Å². The molecule has 0 aliphatic carbocycles. The molecule has 2 aliphatic rings. The number of rotatable bonds is 5. The third-order valence-electron chi connectivity index (χ3n) is 6.04. The topological polar surface area (TPSA) is 94.9 Å². The second kappa shape index (κ2) is 9.71. The van der Waals surface area contributed by atoms with Crippen LogP contribution in [0, 0.1) is 0 Å². The fraction of sp³-hybridized carbons (Fsp3) is 0.455. The average molecular weight is 468 g/mol. The third kappa shape index (κ3) is 5.13. The SMILES string of the molecule is COc1ccc(C2(O)CCN(CC(O)c3ccc4c(c3)CCC(=O)N4)CC2)nc1Cl.Cl. The molecule has 1 amide bonds. The lowest BCUT2D eigenvalue weighted by atomic mass is 9.87. The number of methoxy groups -OCH3 is 1. The minimum Gasteiger partial charge on any atom is -0.494 e. The number of pyridine rings is 1. The van der Waals surface area contributed by atoms with Gasteiger partial charge in [-0.1, -0.05) is 23.7 Å². The third-order valence-corrected chi connectivity index (χ3v) is 6.31. The summed E-state index contributed by atoms with van der Waals surface area (Å²) in [4.78, 5) is 18.0. The van der Waals surface area contributed by atoms with Crippen LogP contribution in [0.1, 0.15) is 42.2 Å². The lowest BCUT2D eigenvalue weighted by Gasteiger charge is -2.38. The van der Waals surface area contributed by atoms with Crippen molar-refractivity contribution >= 4 is 35.6 Å². The van der Waals surface area contributed by atoms with Crippen LogP contribution < -0.4 is 10.1 Å². The van der Waals surface area contributed by atoms with Crippen LogP contribution in [0.5, 0.6) is 5.75 Å². The molecule has 9 heteroatoms. The number of likely N-dealkylation sites (tertiary alicyclic amines) is 1. The summed E-state index contributed by atoms with van der Waals surface area (Å²) < 4.78 is 5.13. The number of carbonyl (C=O) groups is 1. The Balaban J connectivity index is 0.00000272. The summed E-state index contributed by atoms with van der Waals surface area (Å²) in [5.41, 5.74) is 2.23. The van der Waals surface area contributed by atoms with E-state index in [1.54, 1.807) is 12.1 Å². The van der Waals surface area contributed by atoms with Gasteiger partial charge in [0.05, 0.1) is 18.9 Å². The number of aryl methyl sites for hydroxylation is 1. The second-order valence-corrected chi connectivity index (χ2v) is 8.36. The van der Waals surface area contributed by atoms with E-state index < -0.39 is 11.7 Å². The van der Waals surface area contributed by atoms with E-state index in [0.717, 1.165) is 16.8 Å². The fourth-order valence-electron chi connectivity index (χ4n) is 4.16. The summed E-state index contributed by atoms with van der Waals surface area (Å²) in [5.74, 6) is 0.512. The molecule has 3 N–H and O–H groups in total. The molecule has 7 nitrogen and oxygen atoms in total. The second-order valence-electron chi connectivity index (χ2n) is 8.00. The normalized spacial score (nSPS) is 19.0. The molecule has 1 fully saturated rings. The van der Waals surface area contributed by atoms with Gasteiger partial charge in [-0.25, -0.2) is 4.98 Å². The zero-order chi connectivity index (χ0) is 21.3. The van der Waals surface area contributed by atoms with Crippen LogP contribution in [0.15, 0.2) is 30.3 Å². The number of hydrogen-bond donors (Lipinski definition) is 3. The lowest BCUT2D eigenvalue weighted by molar-refractivity contribution is -0.116. The van der Waals surface area contributed by atoms with Gasteiger partial charge in [0.1, 0.15) is 5.60 Å². The summed E-state index contributed by atoms with van der Waals surface area (Å²) in [6.07, 6.45) is 1.54. The molecule has 2 aliphatic heterocycles. The minimum absolute atomic E-state index is 0. The van der Waals surface area contributed by atoms with Crippen molar-refractivity contribution in [2.75, 3.05) is 32.1 Å². The van der Waals surface area contributed by atoms with E-state index in [2.05, 4.69) is 15.2 Å². The first-order valence-corrected chi connectivity index (χ1v) is 10.5. The summed E-state index contributed by atoms with van der Waals surface area (Å²) >= 11 is 6.12. The van der Waals surface area contributed by atoms with Gasteiger partial charge in [0.15, 0.2) is 10.9 Å². The minimum atomic E-state index is -1.04. The van der Waals surface area contributed by atoms with Gasteiger partial charge >= 0.3 is 0 Å². The highest BCUT2D eigenvalue weighted by Crippen LogP contribution is 2.35. The predicted molar refractivity (Wildman–Crippen MR) is 121 cm³/mol. The molecule has 1 atom stereocenters. The summed E-state index contributed by atoms with van der Waals surface area (Å²) in [6, 6.07) is 9.17. The Morgan fingerprint density at radius 2 is 2.00 bits per heavy atom. The van der Waals surface area contributed by atoms with Crippen LogP contribution in [0.25, 0.3) is 0 Å². The Kier molecular flexibility index (Phi) is 7.44. The maximum atomic E-state index is 11.5. The number of β-amino-alcohol motifs (C(OH)–C–C–N with tert-alkyl or cyclic N) is 1. The number of halogens is 2. The van der Waals surface area contributed by atoms with E-state index in [9.17, 15) is 15.0 Å². The van der Waals surface area contributed by atoms with Gasteiger partial charge in [0.2, 0.25) is 5.91 Å². The smallest absolute Gasteiger partial charge is 0.224 e. The van der Waals surface area contributed by atoms with E-state index in [1.807, 2.05) is 18.2 Å². The van der Waals surface area contributed by atoms with Gasteiger partial charge in [-0.05, 0) is 48.6 Å². The molecule has 0 radical (unpaired) electrons. The van der Waals surface area contributed by atoms with Gasteiger partial charge in [-0.15, -0.1) is 12.4 Å². The number of aliphatic hydroxyl groups excluding tert-OH is 1. The van der Waals surface area contributed by atoms with Gasteiger partial charge in [0.25, 0.3) is 0 Å². The number of aliphatic hydroxyl groups is 2. The molecule has 1 saturated heterocycles. The molecular formula is C22H27Cl2N3O4. The number of amides is 1. The number of nitrogens with zero attached hydrogens (tertiary/aromatic N) is 2. The molecule has 0 bridgehead atoms. The number of piperidine rings is 1. The van der Waals surface area contributed by atoms with Crippen molar-refractivity contribution in [3.8, 4) is 5.75 Å². The average Bonchev–Trinajstić information content (AvgIpc) is 2.75. The van der Waals surface area contributed by atoms with E-state index >= 15 is 0 Å². The summed E-state index contributed by atoms with van der Waals surface area (Å²) in [5, 5.41) is 24.9. The molecule has 0 spiro atoms. The van der Waals surface area contributed by atoms with Crippen LogP contribution in [0.2, 0.25) is 5.15 Å². The first-order chi connectivity index (χ1) is 14.4. The molecule has 2 aromatic rings. The van der Waals surface area contributed by atoms with E-state index in [0.29, 0.717) is 56.8 Å². The monoisotopic (exact) mass is 467 g/mol. The van der Waals surface area contributed by atoms with Crippen molar-refractivity contribution in [2.24, 2.45) is 0 Å². The van der Waals surface area contributed by atoms with Gasteiger partial charge < -0.3 is 25.2 Å². The molecule has 4 rings (SSSR count). The number of aromatic nitrogens is 1. The zero-order valence-corrected chi connectivity index (χ0v) is 18.9. The number of benzene rings is 1. The highest BCUT2D eigenvalue weighted by Gasteiger charge is 2.36. The Morgan fingerprint density at radius 1 is 1.26 bits per heavy atom. The highest BCUT2D eigenvalue weighted by molar-refractivity contribution is 6.30. The number of nitrogens with one attached hydrogen (secondary N) is 1. The predicted octanol–water partition coefficient (Wildman–Crippen LogP) is 3.07. The Labute approximate surface area is 192 Å². The van der Waals surface area contributed by atoms with Crippen LogP contribution in [0.4, 0.5) is 5.69 Å². The molecule has 1 aromatic carbocycles. The molecule has 3 heterocycles. The van der Waals surface area contributed by atoms with Crippen molar-refractivity contribution in [3.05, 3.63) is 52.3 Å². The van der Waals surface area contributed by atoms with Crippen LogP contribution in [0.3, 0.4) is 0 Å². The maximum absolute atomic E-state index is 11.5. The number of anilines is 1. The summed E-state index contributed by atoms with van der Waals surface area (Å²) in [6.45, 7) is 1.76. The number of fused-ring (bicyclic) bond motifs is 1. The van der Waals surface area contributed by atoms with Crippen LogP contribution in [-0.2, 0) is 16.8 Å². The molecule has 0 saturated carbocycles. The largest absolute Gasteiger partial charge is 0.494 e. The zero-order valence-electron chi connectivity index (χ0n) is 17.3. The Morgan fingerprint density at radius 3 is 2.68 bits per heavy atom. The van der Waals surface area contributed by atoms with Crippen molar-refractivity contribution in [2.45, 2.75) is 37.4 Å². The maximum Gasteiger partial charge on any atom is 0.224 e. The fourth-order valence-corrected chi connectivity index (χ4v) is 4.39. The quantitative estimate of drug-likeness (QED) is 0.584. The lowest BCUT2D eigenvalue weighted by Crippen LogP contribution is -2.44. The number of carbonyl (C=O) groups excluding carboxylic acids is 1. The van der Waals surface area contributed by atoms with Gasteiger partial charge in [-0.3, -0.25) is 4.79 Å². The Hall–Kier alpha value is -1.90. The molecule has 1 aromatic heterocycles. The van der Waals surface area contributed by atoms with Crippen molar-refractivity contribution in [1.82, 2.24) is 9.88 Å². The van der Waals surface area contributed by atoms with E-state index in [1.165, 1.54) is 7.11 Å². The van der Waals surface area contributed by atoms with E-state index in [4.69, 9.17) is 16.3 Å². The highest BCUT2D eigenvalue weighted by atomic mass is 35.5. The molecular weight excluding hydrogens is 441 g/mol. The standard InChI is InChI=1S/C22H26ClN3O4.ClH/c1-30-18-5-6-19(25-21(18)23)22(29)8-10-26(11-9-22)13-17(27)15-2-4-16-14(12-15)3-7-20(28)24-16;/h2,4-6,12,17,27,29H,3,7-11,13H2,1H3,(H,24,28);1H. The van der Waals surface area contributed by atoms with Crippen molar-refractivity contribution in [1.29, 1.82) is 0 Å². The van der Waals surface area contributed by atoms with Crippen molar-refractivity contribution in [3.63, 3.8) is 0 Å². The molecule has 168 valence electrons. The molecule has 1 unspecified atom stereocenters. The van der Waals surface area contributed by atoms with Gasteiger partial charge in [-0.2, -0.15) is 0 Å². The van der Waals surface area contributed by atoms with Crippen molar-refractivity contribution < 1.29 is 19.7 Å². The number of ether oxygens (including phenoxy) is 1. The Bertz CT molecular complexity index is 948. The molecule has 31 heavy (non-hydrogen) atoms. The van der Waals surface area contributed by atoms with Gasteiger partial charge in [0, 0.05) is 31.7 Å². The van der Waals surface area contributed by atoms with E-state index in [-0.39, 0.29) is 23.5 Å². The summed E-state index contributed by atoms with van der Waals surface area (Å²) in [7, 11) is 1.53. The van der Waals surface area contributed by atoms with Crippen LogP contribution in [-0.4, -0.2) is 52.7 Å².